The van der Waals surface area contributed by atoms with Gasteiger partial charge in [-0.1, -0.05) is 0 Å². The molecule has 1 aliphatic heterocycles. The Labute approximate surface area is 122 Å². The first-order valence-corrected chi connectivity index (χ1v) is 7.21. The van der Waals surface area contributed by atoms with E-state index < -0.39 is 0 Å². The lowest BCUT2D eigenvalue weighted by Crippen LogP contribution is -2.35. The summed E-state index contributed by atoms with van der Waals surface area (Å²) in [5.41, 5.74) is 1.99. The Kier molecular flexibility index (Phi) is 2.99. The fourth-order valence-electron chi connectivity index (χ4n) is 2.95. The van der Waals surface area contributed by atoms with E-state index in [4.69, 9.17) is 4.98 Å². The molecule has 1 saturated heterocycles. The van der Waals surface area contributed by atoms with Gasteiger partial charge in [0.1, 0.15) is 5.82 Å². The van der Waals surface area contributed by atoms with Crippen molar-refractivity contribution in [1.82, 2.24) is 25.1 Å². The summed E-state index contributed by atoms with van der Waals surface area (Å²) in [7, 11) is 0. The van der Waals surface area contributed by atoms with Gasteiger partial charge in [-0.3, -0.25) is 10.1 Å². The lowest BCUT2D eigenvalue weighted by molar-refractivity contribution is 0.499. The first-order chi connectivity index (χ1) is 10.4. The van der Waals surface area contributed by atoms with Gasteiger partial charge in [-0.2, -0.15) is 5.10 Å². The molecule has 6 nitrogen and oxygen atoms in total. The molecular formula is C15H16N6. The quantitative estimate of drug-likeness (QED) is 0.778. The molecule has 1 aliphatic rings. The molecular weight excluding hydrogens is 264 g/mol. The average molecular weight is 280 g/mol. The number of hydrogen-bond acceptors (Lipinski definition) is 5. The molecule has 6 heteroatoms. The van der Waals surface area contributed by atoms with Gasteiger partial charge in [-0.15, -0.1) is 0 Å². The number of anilines is 1. The Bertz CT molecular complexity index is 738. The zero-order chi connectivity index (χ0) is 14.1. The largest absolute Gasteiger partial charge is 0.355 e. The van der Waals surface area contributed by atoms with Crippen LogP contribution < -0.4 is 4.90 Å². The molecule has 0 aliphatic carbocycles. The number of hydrogen-bond donors (Lipinski definition) is 1. The molecule has 0 spiro atoms. The molecule has 106 valence electrons. The molecule has 0 bridgehead atoms. The van der Waals surface area contributed by atoms with Gasteiger partial charge in [0.25, 0.3) is 0 Å². The van der Waals surface area contributed by atoms with Crippen molar-refractivity contribution in [3.63, 3.8) is 0 Å². The minimum absolute atomic E-state index is 0.424. The predicted molar refractivity (Wildman–Crippen MR) is 80.1 cm³/mol. The molecule has 1 atom stereocenters. The number of aromatic nitrogens is 5. The molecule has 1 N–H and O–H groups in total. The lowest BCUT2D eigenvalue weighted by Gasteiger charge is -2.33. The Morgan fingerprint density at radius 3 is 3.10 bits per heavy atom. The van der Waals surface area contributed by atoms with Gasteiger partial charge in [0.05, 0.1) is 12.4 Å². The van der Waals surface area contributed by atoms with Crippen LogP contribution >= 0.6 is 0 Å². The monoisotopic (exact) mass is 280 g/mol. The van der Waals surface area contributed by atoms with Crippen LogP contribution in [0.2, 0.25) is 0 Å². The lowest BCUT2D eigenvalue weighted by atomic mass is 9.94. The molecule has 3 aromatic heterocycles. The number of nitrogens with zero attached hydrogens (tertiary/aromatic N) is 5. The number of rotatable bonds is 2. The van der Waals surface area contributed by atoms with Crippen LogP contribution in [0.25, 0.3) is 11.0 Å². The van der Waals surface area contributed by atoms with Crippen molar-refractivity contribution >= 4 is 16.9 Å². The maximum absolute atomic E-state index is 4.71. The Hall–Kier alpha value is -2.50. The predicted octanol–water partition coefficient (Wildman–Crippen LogP) is 2.13. The molecule has 0 saturated carbocycles. The summed E-state index contributed by atoms with van der Waals surface area (Å²) in [6.45, 7) is 1.97. The highest BCUT2D eigenvalue weighted by Crippen LogP contribution is 2.28. The van der Waals surface area contributed by atoms with Gasteiger partial charge < -0.3 is 4.90 Å². The normalized spacial score (nSPS) is 19.0. The number of pyridine rings is 1. The molecule has 0 aromatic carbocycles. The van der Waals surface area contributed by atoms with Crippen LogP contribution in [0.4, 0.5) is 5.82 Å². The van der Waals surface area contributed by atoms with Crippen LogP contribution in [0.3, 0.4) is 0 Å². The molecule has 4 heterocycles. The van der Waals surface area contributed by atoms with E-state index in [9.17, 15) is 0 Å². The highest BCUT2D eigenvalue weighted by Gasteiger charge is 2.23. The third-order valence-electron chi connectivity index (χ3n) is 4.04. The van der Waals surface area contributed by atoms with Crippen molar-refractivity contribution in [2.24, 2.45) is 0 Å². The molecule has 21 heavy (non-hydrogen) atoms. The van der Waals surface area contributed by atoms with Crippen molar-refractivity contribution in [3.8, 4) is 0 Å². The smallest absolute Gasteiger partial charge is 0.155 e. The standard InChI is InChI=1S/C15H16N6/c1-2-12(10-21(7-1)14-9-16-5-6-17-14)13-4-3-11-8-18-20-15(11)19-13/h3-6,8-9,12H,1-2,7,10H2,(H,18,19,20)/t12-/m0/s1. The van der Waals surface area contributed by atoms with E-state index in [1.54, 1.807) is 18.6 Å². The first-order valence-electron chi connectivity index (χ1n) is 7.21. The van der Waals surface area contributed by atoms with Crippen molar-refractivity contribution in [2.45, 2.75) is 18.8 Å². The second-order valence-corrected chi connectivity index (χ2v) is 5.39. The third-order valence-corrected chi connectivity index (χ3v) is 4.04. The number of aromatic amines is 1. The minimum atomic E-state index is 0.424. The SMILES string of the molecule is c1cnc(N2CCC[C@H](c3ccc4cn[nH]c4n3)C2)cn1. The summed E-state index contributed by atoms with van der Waals surface area (Å²) < 4.78 is 0. The van der Waals surface area contributed by atoms with Crippen LogP contribution in [0.15, 0.2) is 36.9 Å². The minimum Gasteiger partial charge on any atom is -0.355 e. The van der Waals surface area contributed by atoms with Gasteiger partial charge in [-0.05, 0) is 25.0 Å². The van der Waals surface area contributed by atoms with Gasteiger partial charge >= 0.3 is 0 Å². The topological polar surface area (TPSA) is 70.6 Å². The Morgan fingerprint density at radius 2 is 2.19 bits per heavy atom. The summed E-state index contributed by atoms with van der Waals surface area (Å²) in [5, 5.41) is 8.03. The molecule has 4 rings (SSSR count). The Balaban J connectivity index is 1.60. The summed E-state index contributed by atoms with van der Waals surface area (Å²) in [5.74, 6) is 1.37. The van der Waals surface area contributed by atoms with E-state index in [-0.39, 0.29) is 0 Å². The van der Waals surface area contributed by atoms with Crippen molar-refractivity contribution in [3.05, 3.63) is 42.6 Å². The molecule has 0 radical (unpaired) electrons. The fourth-order valence-corrected chi connectivity index (χ4v) is 2.95. The van der Waals surface area contributed by atoms with Crippen LogP contribution in [0.5, 0.6) is 0 Å². The fraction of sp³-hybridized carbons (Fsp3) is 0.333. The van der Waals surface area contributed by atoms with E-state index in [1.807, 2.05) is 6.20 Å². The number of nitrogens with one attached hydrogen (secondary N) is 1. The highest BCUT2D eigenvalue weighted by atomic mass is 15.2. The van der Waals surface area contributed by atoms with Crippen LogP contribution in [-0.4, -0.2) is 38.2 Å². The van der Waals surface area contributed by atoms with Gasteiger partial charge in [0.2, 0.25) is 0 Å². The maximum atomic E-state index is 4.71. The number of fused-ring (bicyclic) bond motifs is 1. The van der Waals surface area contributed by atoms with Crippen LogP contribution in [0.1, 0.15) is 24.5 Å². The second kappa shape index (κ2) is 5.12. The van der Waals surface area contributed by atoms with E-state index in [0.29, 0.717) is 5.92 Å². The van der Waals surface area contributed by atoms with Gasteiger partial charge in [0, 0.05) is 42.5 Å². The van der Waals surface area contributed by atoms with E-state index in [0.717, 1.165) is 48.5 Å². The van der Waals surface area contributed by atoms with E-state index in [2.05, 4.69) is 37.2 Å². The summed E-state index contributed by atoms with van der Waals surface area (Å²) >= 11 is 0. The molecule has 0 unspecified atom stereocenters. The van der Waals surface area contributed by atoms with E-state index in [1.165, 1.54) is 0 Å². The average Bonchev–Trinajstić information content (AvgIpc) is 3.03. The second-order valence-electron chi connectivity index (χ2n) is 5.39. The molecule has 1 fully saturated rings. The summed E-state index contributed by atoms with van der Waals surface area (Å²) in [6, 6.07) is 4.20. The van der Waals surface area contributed by atoms with Crippen molar-refractivity contribution in [1.29, 1.82) is 0 Å². The number of piperidine rings is 1. The first kappa shape index (κ1) is 12.3. The van der Waals surface area contributed by atoms with Crippen LogP contribution in [-0.2, 0) is 0 Å². The van der Waals surface area contributed by atoms with Crippen molar-refractivity contribution in [2.75, 3.05) is 18.0 Å². The van der Waals surface area contributed by atoms with E-state index >= 15 is 0 Å². The highest BCUT2D eigenvalue weighted by molar-refractivity contribution is 5.73. The maximum Gasteiger partial charge on any atom is 0.155 e. The zero-order valence-electron chi connectivity index (χ0n) is 11.6. The summed E-state index contributed by atoms with van der Waals surface area (Å²) in [6.07, 6.45) is 9.38. The van der Waals surface area contributed by atoms with Crippen molar-refractivity contribution < 1.29 is 0 Å². The van der Waals surface area contributed by atoms with Crippen LogP contribution in [0, 0.1) is 0 Å². The zero-order valence-corrected chi connectivity index (χ0v) is 11.6. The van der Waals surface area contributed by atoms with Gasteiger partial charge in [0.15, 0.2) is 5.65 Å². The van der Waals surface area contributed by atoms with Gasteiger partial charge in [-0.25, -0.2) is 9.97 Å². The molecule has 3 aromatic rings. The number of H-pyrrole nitrogens is 1. The Morgan fingerprint density at radius 1 is 1.19 bits per heavy atom. The third kappa shape index (κ3) is 2.33. The summed E-state index contributed by atoms with van der Waals surface area (Å²) in [4.78, 5) is 15.6. The molecule has 0 amide bonds.